The third-order valence-electron chi connectivity index (χ3n) is 14.6. The first kappa shape index (κ1) is 31.5. The molecule has 8 aliphatic rings. The molecule has 7 nitrogen and oxygen atoms in total. The average molecular weight is 612 g/mol. The molecule has 5 fully saturated rings. The summed E-state index contributed by atoms with van der Waals surface area (Å²) in [4.78, 5) is 16.9. The molecule has 246 valence electrons. The Hall–Kier alpha value is -1.09. The molecule has 1 heterocycles. The van der Waals surface area contributed by atoms with Crippen LogP contribution in [0.4, 0.5) is 0 Å². The molecule has 1 saturated heterocycles. The number of ether oxygens (including phenoxy) is 1. The fraction of sp³-hybridized carbons (Fsp3) is 0.865. The molecule has 7 heteroatoms. The molecule has 10 unspecified atom stereocenters. The molecule has 2 spiro atoms. The van der Waals surface area contributed by atoms with Crippen LogP contribution in [0.25, 0.3) is 0 Å². The number of ketones is 1. The monoisotopic (exact) mass is 611 g/mol. The van der Waals surface area contributed by atoms with E-state index in [1.54, 1.807) is 0 Å². The van der Waals surface area contributed by atoms with Crippen molar-refractivity contribution >= 4 is 5.78 Å². The van der Waals surface area contributed by atoms with E-state index in [0.29, 0.717) is 44.2 Å². The van der Waals surface area contributed by atoms with Gasteiger partial charge in [0, 0.05) is 54.0 Å². The van der Waals surface area contributed by atoms with Crippen molar-refractivity contribution in [3.05, 3.63) is 23.8 Å². The average Bonchev–Trinajstić information content (AvgIpc) is 3.62. The van der Waals surface area contributed by atoms with E-state index in [1.165, 1.54) is 6.42 Å². The molecule has 0 amide bonds. The molecule has 2 bridgehead atoms. The van der Waals surface area contributed by atoms with Gasteiger partial charge in [0.1, 0.15) is 0 Å². The number of carbonyl (C=O) groups is 1. The molecule has 1 aliphatic heterocycles. The lowest BCUT2D eigenvalue weighted by molar-refractivity contribution is -0.181. The highest BCUT2D eigenvalue weighted by molar-refractivity contribution is 6.00. The summed E-state index contributed by atoms with van der Waals surface area (Å²) in [6.45, 7) is 6.57. The highest BCUT2D eigenvalue weighted by Gasteiger charge is 2.74. The zero-order chi connectivity index (χ0) is 31.0. The lowest BCUT2D eigenvalue weighted by atomic mass is 9.32. The maximum Gasteiger partial charge on any atom is 0.162 e. The van der Waals surface area contributed by atoms with E-state index in [9.17, 15) is 25.2 Å². The van der Waals surface area contributed by atoms with Crippen molar-refractivity contribution in [3.63, 3.8) is 0 Å². The normalized spacial score (nSPS) is 47.3. The zero-order valence-corrected chi connectivity index (χ0v) is 27.2. The van der Waals surface area contributed by atoms with Gasteiger partial charge < -0.3 is 25.2 Å². The number of rotatable bonds is 9. The summed E-state index contributed by atoms with van der Waals surface area (Å²) >= 11 is 0. The molecule has 4 N–H and O–H groups in total. The summed E-state index contributed by atoms with van der Waals surface area (Å²) in [5, 5.41) is 43.9. The van der Waals surface area contributed by atoms with Gasteiger partial charge in [-0.1, -0.05) is 51.3 Å². The van der Waals surface area contributed by atoms with E-state index in [-0.39, 0.29) is 41.5 Å². The molecular formula is C37H57NO6. The molecule has 8 rings (SSSR count). The SMILES string of the molecule is CC12CCC(O)CC13C=CC1(C(C(=O)C4CCCCC4)=C3)C2CCC2(C)C1CCC2(O)CN(CC(O)CO)CC1CCCO1. The Labute approximate surface area is 264 Å². The van der Waals surface area contributed by atoms with Crippen LogP contribution in [0.15, 0.2) is 23.8 Å². The van der Waals surface area contributed by atoms with Gasteiger partial charge in [-0.05, 0) is 87.9 Å². The van der Waals surface area contributed by atoms with Gasteiger partial charge in [0.15, 0.2) is 5.78 Å². The second-order valence-corrected chi connectivity index (χ2v) is 16.7. The number of Topliss-reactive ketones (excluding diaryl/α,β-unsaturated/α-hetero) is 1. The minimum atomic E-state index is -0.979. The van der Waals surface area contributed by atoms with Gasteiger partial charge in [-0.25, -0.2) is 0 Å². The lowest BCUT2D eigenvalue weighted by Crippen LogP contribution is -2.67. The number of allylic oxidation sites excluding steroid dienone is 4. The largest absolute Gasteiger partial charge is 0.394 e. The quantitative estimate of drug-likeness (QED) is 0.283. The van der Waals surface area contributed by atoms with Gasteiger partial charge in [-0.2, -0.15) is 0 Å². The topological polar surface area (TPSA) is 110 Å². The Balaban J connectivity index is 1.27. The number of fused-ring (bicyclic) bond motifs is 1. The van der Waals surface area contributed by atoms with Crippen LogP contribution in [0.1, 0.15) is 104 Å². The van der Waals surface area contributed by atoms with Gasteiger partial charge in [0.05, 0.1) is 30.5 Å². The third kappa shape index (κ3) is 4.53. The summed E-state index contributed by atoms with van der Waals surface area (Å²) in [6, 6.07) is 0. The summed E-state index contributed by atoms with van der Waals surface area (Å²) in [5.41, 5.74) is -1.05. The van der Waals surface area contributed by atoms with Crippen molar-refractivity contribution in [2.24, 2.45) is 39.4 Å². The van der Waals surface area contributed by atoms with Crippen molar-refractivity contribution in [2.75, 3.05) is 32.8 Å². The summed E-state index contributed by atoms with van der Waals surface area (Å²) in [7, 11) is 0. The Morgan fingerprint density at radius 2 is 1.70 bits per heavy atom. The molecule has 10 atom stereocenters. The summed E-state index contributed by atoms with van der Waals surface area (Å²) in [6.07, 6.45) is 19.4. The van der Waals surface area contributed by atoms with Crippen LogP contribution in [-0.2, 0) is 9.53 Å². The number of aliphatic hydroxyl groups is 4. The van der Waals surface area contributed by atoms with Crippen molar-refractivity contribution in [2.45, 2.75) is 128 Å². The fourth-order valence-corrected chi connectivity index (χ4v) is 12.2. The predicted octanol–water partition coefficient (Wildman–Crippen LogP) is 4.56. The van der Waals surface area contributed by atoms with Crippen LogP contribution < -0.4 is 0 Å². The van der Waals surface area contributed by atoms with Crippen LogP contribution in [0.5, 0.6) is 0 Å². The van der Waals surface area contributed by atoms with Crippen molar-refractivity contribution in [1.29, 1.82) is 0 Å². The smallest absolute Gasteiger partial charge is 0.162 e. The molecule has 0 aromatic rings. The second-order valence-electron chi connectivity index (χ2n) is 16.7. The number of hydrogen-bond acceptors (Lipinski definition) is 7. The van der Waals surface area contributed by atoms with E-state index >= 15 is 0 Å². The van der Waals surface area contributed by atoms with Gasteiger partial charge in [-0.3, -0.25) is 9.69 Å². The van der Waals surface area contributed by atoms with Crippen LogP contribution in [0.2, 0.25) is 0 Å². The van der Waals surface area contributed by atoms with Gasteiger partial charge in [-0.15, -0.1) is 0 Å². The number of nitrogens with zero attached hydrogens (tertiary/aromatic N) is 1. The lowest BCUT2D eigenvalue weighted by Gasteiger charge is -2.71. The minimum Gasteiger partial charge on any atom is -0.394 e. The van der Waals surface area contributed by atoms with E-state index < -0.39 is 22.5 Å². The minimum absolute atomic E-state index is 0.0174. The highest BCUT2D eigenvalue weighted by Crippen LogP contribution is 2.78. The molecular weight excluding hydrogens is 554 g/mol. The van der Waals surface area contributed by atoms with Gasteiger partial charge in [0.25, 0.3) is 0 Å². The van der Waals surface area contributed by atoms with Crippen LogP contribution in [0, 0.1) is 39.4 Å². The van der Waals surface area contributed by atoms with Crippen molar-refractivity contribution in [3.8, 4) is 0 Å². The van der Waals surface area contributed by atoms with Crippen LogP contribution >= 0.6 is 0 Å². The fourth-order valence-electron chi connectivity index (χ4n) is 12.2. The summed E-state index contributed by atoms with van der Waals surface area (Å²) in [5.74, 6) is 0.901. The Morgan fingerprint density at radius 1 is 0.977 bits per heavy atom. The first-order valence-electron chi connectivity index (χ1n) is 18.0. The maximum atomic E-state index is 14.7. The standard InChI is InChI=1S/C37H57NO6/c1-33-13-10-26(40)19-35(33)16-17-37(29(20-35)32(42)25-7-4-3-5-8-25)30(33)11-14-34(2)31(37)12-15-36(34,43)24-38(21-27(41)23-39)22-28-9-6-18-44-28/h16-17,20,25-28,30-31,39-41,43H,3-15,18-19,21-24H2,1-2H3. The van der Waals surface area contributed by atoms with E-state index in [1.807, 2.05) is 0 Å². The Morgan fingerprint density at radius 3 is 2.43 bits per heavy atom. The first-order chi connectivity index (χ1) is 21.0. The number of carbonyl (C=O) groups excluding carboxylic acids is 1. The van der Waals surface area contributed by atoms with Gasteiger partial charge in [0.2, 0.25) is 0 Å². The van der Waals surface area contributed by atoms with Crippen molar-refractivity contribution < 1.29 is 30.0 Å². The Bertz CT molecular complexity index is 1170. The van der Waals surface area contributed by atoms with Crippen LogP contribution in [0.3, 0.4) is 0 Å². The number of hydrogen-bond donors (Lipinski definition) is 4. The molecule has 7 aliphatic carbocycles. The molecule has 0 radical (unpaired) electrons. The van der Waals surface area contributed by atoms with E-state index in [4.69, 9.17) is 4.74 Å². The second kappa shape index (κ2) is 11.3. The molecule has 0 aromatic carbocycles. The van der Waals surface area contributed by atoms with Crippen molar-refractivity contribution in [1.82, 2.24) is 4.90 Å². The highest BCUT2D eigenvalue weighted by atomic mass is 16.5. The molecule has 0 aromatic heterocycles. The Kier molecular flexibility index (Phi) is 8.07. The predicted molar refractivity (Wildman–Crippen MR) is 169 cm³/mol. The maximum absolute atomic E-state index is 14.7. The van der Waals surface area contributed by atoms with E-state index in [0.717, 1.165) is 82.8 Å². The van der Waals surface area contributed by atoms with E-state index in [2.05, 4.69) is 37.0 Å². The first-order valence-corrected chi connectivity index (χ1v) is 18.0. The number of aliphatic hydroxyl groups excluding tert-OH is 3. The molecule has 44 heavy (non-hydrogen) atoms. The van der Waals surface area contributed by atoms with Gasteiger partial charge >= 0.3 is 0 Å². The van der Waals surface area contributed by atoms with Crippen LogP contribution in [-0.4, -0.2) is 87.9 Å². The summed E-state index contributed by atoms with van der Waals surface area (Å²) < 4.78 is 5.96. The zero-order valence-electron chi connectivity index (χ0n) is 27.2. The molecule has 4 saturated carbocycles. The third-order valence-corrected chi connectivity index (χ3v) is 14.6.